The lowest BCUT2D eigenvalue weighted by Crippen LogP contribution is -2.21. The number of hydrogen-bond acceptors (Lipinski definition) is 3. The van der Waals surface area contributed by atoms with Gasteiger partial charge in [0.1, 0.15) is 0 Å². The quantitative estimate of drug-likeness (QED) is 0.852. The minimum atomic E-state index is -0.189. The van der Waals surface area contributed by atoms with Gasteiger partial charge >= 0.3 is 0 Å². The van der Waals surface area contributed by atoms with Gasteiger partial charge in [0.05, 0.1) is 0 Å². The topological polar surface area (TPSA) is 44.5 Å². The summed E-state index contributed by atoms with van der Waals surface area (Å²) >= 11 is 3.53. The molecule has 1 aromatic rings. The number of benzene rings is 1. The van der Waals surface area contributed by atoms with Crippen LogP contribution in [0.3, 0.4) is 0 Å². The van der Waals surface area contributed by atoms with Gasteiger partial charge in [-0.3, -0.25) is 0 Å². The molecular formula is C11H12BrNO2. The molecule has 0 spiro atoms. The number of fused-ring (bicyclic) bond motifs is 1. The molecule has 1 aromatic carbocycles. The van der Waals surface area contributed by atoms with Crippen LogP contribution in [0, 0.1) is 6.92 Å². The first-order valence-electron chi connectivity index (χ1n) is 5.00. The maximum Gasteiger partial charge on any atom is 0.231 e. The third-order valence-electron chi connectivity index (χ3n) is 3.15. The molecule has 2 aliphatic rings. The van der Waals surface area contributed by atoms with Crippen LogP contribution in [0.2, 0.25) is 0 Å². The molecule has 1 heterocycles. The van der Waals surface area contributed by atoms with Crippen molar-refractivity contribution in [2.24, 2.45) is 5.73 Å². The monoisotopic (exact) mass is 269 g/mol. The number of halogens is 1. The first kappa shape index (κ1) is 9.48. The van der Waals surface area contributed by atoms with Gasteiger partial charge in [-0.05, 0) is 31.4 Å². The predicted molar refractivity (Wildman–Crippen MR) is 60.1 cm³/mol. The second-order valence-corrected chi connectivity index (χ2v) is 5.10. The highest BCUT2D eigenvalue weighted by Crippen LogP contribution is 2.53. The van der Waals surface area contributed by atoms with Crippen molar-refractivity contribution in [3.8, 4) is 11.5 Å². The molecule has 0 unspecified atom stereocenters. The van der Waals surface area contributed by atoms with Crippen LogP contribution in [0.1, 0.15) is 24.0 Å². The fourth-order valence-corrected chi connectivity index (χ4v) is 2.49. The van der Waals surface area contributed by atoms with E-state index in [2.05, 4.69) is 22.9 Å². The van der Waals surface area contributed by atoms with Crippen molar-refractivity contribution in [3.05, 3.63) is 21.7 Å². The zero-order valence-electron chi connectivity index (χ0n) is 8.47. The Hall–Kier alpha value is -0.740. The Morgan fingerprint density at radius 2 is 2.13 bits per heavy atom. The Bertz CT molecular complexity index is 441. The summed E-state index contributed by atoms with van der Waals surface area (Å²) in [7, 11) is 0. The molecule has 1 aliphatic heterocycles. The summed E-state index contributed by atoms with van der Waals surface area (Å²) in [6, 6.07) is 1.95. The molecular weight excluding hydrogens is 258 g/mol. The van der Waals surface area contributed by atoms with Gasteiger partial charge in [-0.1, -0.05) is 15.9 Å². The molecule has 0 atom stereocenters. The Balaban J connectivity index is 2.26. The van der Waals surface area contributed by atoms with Crippen LogP contribution in [-0.4, -0.2) is 6.79 Å². The fourth-order valence-electron chi connectivity index (χ4n) is 2.09. The summed E-state index contributed by atoms with van der Waals surface area (Å²) in [4.78, 5) is 0. The number of ether oxygens (including phenoxy) is 2. The van der Waals surface area contributed by atoms with E-state index in [1.807, 2.05) is 6.07 Å². The lowest BCUT2D eigenvalue weighted by molar-refractivity contribution is 0.172. The lowest BCUT2D eigenvalue weighted by Gasteiger charge is -2.16. The van der Waals surface area contributed by atoms with Crippen LogP contribution in [0.4, 0.5) is 0 Å². The van der Waals surface area contributed by atoms with E-state index < -0.39 is 0 Å². The molecule has 0 aromatic heterocycles. The van der Waals surface area contributed by atoms with Crippen molar-refractivity contribution in [3.63, 3.8) is 0 Å². The van der Waals surface area contributed by atoms with Crippen molar-refractivity contribution >= 4 is 15.9 Å². The SMILES string of the molecule is Cc1c(Br)cc2c(c1C1(N)CC1)OCO2. The molecule has 80 valence electrons. The van der Waals surface area contributed by atoms with E-state index in [1.54, 1.807) is 0 Å². The number of hydrogen-bond donors (Lipinski definition) is 1. The first-order valence-corrected chi connectivity index (χ1v) is 5.79. The molecule has 0 bridgehead atoms. The van der Waals surface area contributed by atoms with E-state index in [1.165, 1.54) is 5.56 Å². The predicted octanol–water partition coefficient (Wildman–Crippen LogP) is 2.43. The van der Waals surface area contributed by atoms with Crippen LogP contribution < -0.4 is 15.2 Å². The highest BCUT2D eigenvalue weighted by molar-refractivity contribution is 9.10. The Morgan fingerprint density at radius 1 is 1.40 bits per heavy atom. The van der Waals surface area contributed by atoms with E-state index in [-0.39, 0.29) is 5.54 Å². The van der Waals surface area contributed by atoms with E-state index in [9.17, 15) is 0 Å². The first-order chi connectivity index (χ1) is 7.12. The second kappa shape index (κ2) is 2.89. The summed E-state index contributed by atoms with van der Waals surface area (Å²) in [5, 5.41) is 0. The maximum atomic E-state index is 6.25. The van der Waals surface area contributed by atoms with E-state index in [0.717, 1.165) is 34.4 Å². The normalized spacial score (nSPS) is 20.5. The fraction of sp³-hybridized carbons (Fsp3) is 0.455. The molecule has 3 nitrogen and oxygen atoms in total. The summed E-state index contributed by atoms with van der Waals surface area (Å²) in [6.45, 7) is 2.36. The third-order valence-corrected chi connectivity index (χ3v) is 3.97. The van der Waals surface area contributed by atoms with E-state index in [0.29, 0.717) is 6.79 Å². The molecule has 1 aliphatic carbocycles. The van der Waals surface area contributed by atoms with Gasteiger partial charge in [0.2, 0.25) is 6.79 Å². The molecule has 2 N–H and O–H groups in total. The van der Waals surface area contributed by atoms with Crippen LogP contribution in [0.15, 0.2) is 10.5 Å². The highest BCUT2D eigenvalue weighted by Gasteiger charge is 2.45. The molecule has 0 radical (unpaired) electrons. The third kappa shape index (κ3) is 1.28. The van der Waals surface area contributed by atoms with Crippen LogP contribution in [0.5, 0.6) is 11.5 Å². The molecule has 3 rings (SSSR count). The van der Waals surface area contributed by atoms with Gasteiger partial charge in [-0.25, -0.2) is 0 Å². The summed E-state index contributed by atoms with van der Waals surface area (Å²) in [5.74, 6) is 1.65. The average Bonchev–Trinajstić information content (AvgIpc) is 2.76. The molecule has 1 fully saturated rings. The smallest absolute Gasteiger partial charge is 0.231 e. The molecule has 0 amide bonds. The highest BCUT2D eigenvalue weighted by atomic mass is 79.9. The number of nitrogens with two attached hydrogens (primary N) is 1. The zero-order chi connectivity index (χ0) is 10.6. The molecule has 0 saturated heterocycles. The standard InChI is InChI=1S/C11H12BrNO2/c1-6-7(12)4-8-10(15-5-14-8)9(6)11(13)2-3-11/h4H,2-3,5,13H2,1H3. The Kier molecular flexibility index (Phi) is 1.83. The van der Waals surface area contributed by atoms with Gasteiger partial charge in [-0.15, -0.1) is 0 Å². The van der Waals surface area contributed by atoms with Gasteiger partial charge in [0, 0.05) is 15.6 Å². The summed E-state index contributed by atoms with van der Waals surface area (Å²) in [6.07, 6.45) is 2.06. The Labute approximate surface area is 96.7 Å². The van der Waals surface area contributed by atoms with Crippen molar-refractivity contribution in [2.45, 2.75) is 25.3 Å². The zero-order valence-corrected chi connectivity index (χ0v) is 10.1. The molecule has 15 heavy (non-hydrogen) atoms. The minimum absolute atomic E-state index is 0.189. The molecule has 4 heteroatoms. The van der Waals surface area contributed by atoms with Crippen LogP contribution in [-0.2, 0) is 5.54 Å². The lowest BCUT2D eigenvalue weighted by atomic mass is 9.98. The van der Waals surface area contributed by atoms with Gasteiger partial charge in [0.25, 0.3) is 0 Å². The van der Waals surface area contributed by atoms with Gasteiger partial charge in [-0.2, -0.15) is 0 Å². The van der Waals surface area contributed by atoms with E-state index >= 15 is 0 Å². The average molecular weight is 270 g/mol. The molecule has 1 saturated carbocycles. The summed E-state index contributed by atoms with van der Waals surface area (Å²) in [5.41, 5.74) is 8.35. The Morgan fingerprint density at radius 3 is 2.80 bits per heavy atom. The van der Waals surface area contributed by atoms with Gasteiger partial charge < -0.3 is 15.2 Å². The van der Waals surface area contributed by atoms with Crippen molar-refractivity contribution in [1.82, 2.24) is 0 Å². The summed E-state index contributed by atoms with van der Waals surface area (Å²) < 4.78 is 11.9. The largest absolute Gasteiger partial charge is 0.454 e. The van der Waals surface area contributed by atoms with Crippen molar-refractivity contribution < 1.29 is 9.47 Å². The van der Waals surface area contributed by atoms with Crippen molar-refractivity contribution in [2.75, 3.05) is 6.79 Å². The minimum Gasteiger partial charge on any atom is -0.454 e. The second-order valence-electron chi connectivity index (χ2n) is 4.25. The van der Waals surface area contributed by atoms with Crippen molar-refractivity contribution in [1.29, 1.82) is 0 Å². The van der Waals surface area contributed by atoms with Crippen LogP contribution in [0.25, 0.3) is 0 Å². The van der Waals surface area contributed by atoms with Gasteiger partial charge in [0.15, 0.2) is 11.5 Å². The number of rotatable bonds is 1. The van der Waals surface area contributed by atoms with Crippen LogP contribution >= 0.6 is 15.9 Å². The van der Waals surface area contributed by atoms with E-state index in [4.69, 9.17) is 15.2 Å². The maximum absolute atomic E-state index is 6.25.